The fourth-order valence-electron chi connectivity index (χ4n) is 3.79. The zero-order valence-electron chi connectivity index (χ0n) is 16.1. The second kappa shape index (κ2) is 7.57. The SMILES string of the molecule is N#Cc1cn(C2CC2)c(=O)n(CC(=O)N(c2ccccc2)[C@H]2CCS(=O)(=O)C2)c1=O. The lowest BCUT2D eigenvalue weighted by molar-refractivity contribution is -0.119. The van der Waals surface area contributed by atoms with Gasteiger partial charge in [-0.2, -0.15) is 5.26 Å². The minimum atomic E-state index is -3.26. The van der Waals surface area contributed by atoms with Crippen molar-refractivity contribution in [1.82, 2.24) is 9.13 Å². The van der Waals surface area contributed by atoms with Gasteiger partial charge in [0.1, 0.15) is 18.2 Å². The summed E-state index contributed by atoms with van der Waals surface area (Å²) in [5, 5.41) is 9.27. The van der Waals surface area contributed by atoms with Gasteiger partial charge in [-0.1, -0.05) is 18.2 Å². The number of amides is 1. The highest BCUT2D eigenvalue weighted by Crippen LogP contribution is 2.33. The van der Waals surface area contributed by atoms with Crippen molar-refractivity contribution in [1.29, 1.82) is 5.26 Å². The van der Waals surface area contributed by atoms with Crippen molar-refractivity contribution >= 4 is 21.4 Å². The van der Waals surface area contributed by atoms with Crippen LogP contribution in [0.3, 0.4) is 0 Å². The molecule has 0 unspecified atom stereocenters. The summed E-state index contributed by atoms with van der Waals surface area (Å²) in [5.74, 6) is -0.764. The van der Waals surface area contributed by atoms with Gasteiger partial charge >= 0.3 is 5.69 Å². The zero-order chi connectivity index (χ0) is 21.5. The molecule has 1 saturated heterocycles. The fraction of sp³-hybridized carbons (Fsp3) is 0.400. The molecule has 9 nitrogen and oxygen atoms in total. The van der Waals surface area contributed by atoms with Gasteiger partial charge in [-0.3, -0.25) is 14.2 Å². The molecule has 1 aliphatic carbocycles. The maximum atomic E-state index is 13.3. The van der Waals surface area contributed by atoms with E-state index in [0.717, 1.165) is 17.4 Å². The topological polar surface area (TPSA) is 122 Å². The van der Waals surface area contributed by atoms with E-state index in [4.69, 9.17) is 0 Å². The lowest BCUT2D eigenvalue weighted by Crippen LogP contribution is -2.48. The summed E-state index contributed by atoms with van der Waals surface area (Å²) in [6, 6.07) is 9.72. The number of sulfone groups is 1. The summed E-state index contributed by atoms with van der Waals surface area (Å²) >= 11 is 0. The summed E-state index contributed by atoms with van der Waals surface area (Å²) in [4.78, 5) is 40.0. The summed E-state index contributed by atoms with van der Waals surface area (Å²) in [7, 11) is -3.26. The van der Waals surface area contributed by atoms with Crippen molar-refractivity contribution in [2.75, 3.05) is 16.4 Å². The van der Waals surface area contributed by atoms with E-state index in [-0.39, 0.29) is 29.5 Å². The number of carbonyl (C=O) groups is 1. The van der Waals surface area contributed by atoms with Gasteiger partial charge in [0.2, 0.25) is 5.91 Å². The molecule has 30 heavy (non-hydrogen) atoms. The normalized spacial score (nSPS) is 19.9. The van der Waals surface area contributed by atoms with Crippen LogP contribution in [0, 0.1) is 11.3 Å². The van der Waals surface area contributed by atoms with Crippen LogP contribution in [-0.4, -0.2) is 41.0 Å². The quantitative estimate of drug-likeness (QED) is 0.681. The number of rotatable bonds is 5. The summed E-state index contributed by atoms with van der Waals surface area (Å²) in [6.45, 7) is -0.564. The number of hydrogen-bond donors (Lipinski definition) is 0. The molecule has 2 aromatic rings. The Morgan fingerprint density at radius 3 is 2.43 bits per heavy atom. The minimum absolute atomic E-state index is 0.0212. The average molecular weight is 428 g/mol. The molecule has 1 aromatic heterocycles. The van der Waals surface area contributed by atoms with E-state index in [2.05, 4.69) is 0 Å². The number of nitrogens with zero attached hydrogens (tertiary/aromatic N) is 4. The standard InChI is InChI=1S/C20H20N4O5S/c21-10-14-11-22(15-6-7-15)20(27)23(19(14)26)12-18(25)24(16-4-2-1-3-5-16)17-8-9-30(28,29)13-17/h1-5,11,15,17H,6-9,12-13H2/t17-/m0/s1. The highest BCUT2D eigenvalue weighted by molar-refractivity contribution is 7.91. The van der Waals surface area contributed by atoms with E-state index in [0.29, 0.717) is 5.69 Å². The first-order chi connectivity index (χ1) is 14.3. The number of carbonyl (C=O) groups excluding carboxylic acids is 1. The van der Waals surface area contributed by atoms with Crippen LogP contribution in [0.25, 0.3) is 0 Å². The summed E-state index contributed by atoms with van der Waals surface area (Å²) < 4.78 is 26.1. The predicted octanol–water partition coefficient (Wildman–Crippen LogP) is 0.437. The second-order valence-corrected chi connectivity index (χ2v) is 9.85. The van der Waals surface area contributed by atoms with Gasteiger partial charge in [-0.05, 0) is 31.4 Å². The lowest BCUT2D eigenvalue weighted by Gasteiger charge is -2.28. The molecule has 1 amide bonds. The van der Waals surface area contributed by atoms with E-state index < -0.39 is 39.6 Å². The Labute approximate surface area is 172 Å². The van der Waals surface area contributed by atoms with E-state index in [1.165, 1.54) is 15.7 Å². The van der Waals surface area contributed by atoms with Crippen LogP contribution in [0.15, 0.2) is 46.1 Å². The molecular formula is C20H20N4O5S. The van der Waals surface area contributed by atoms with E-state index in [1.54, 1.807) is 36.4 Å². The van der Waals surface area contributed by atoms with E-state index in [1.807, 2.05) is 0 Å². The molecule has 156 valence electrons. The Morgan fingerprint density at radius 1 is 1.17 bits per heavy atom. The summed E-state index contributed by atoms with van der Waals surface area (Å²) in [5.41, 5.74) is -1.16. The molecule has 10 heteroatoms. The van der Waals surface area contributed by atoms with Crippen molar-refractivity contribution in [3.05, 3.63) is 62.9 Å². The van der Waals surface area contributed by atoms with Crippen molar-refractivity contribution < 1.29 is 13.2 Å². The molecular weight excluding hydrogens is 408 g/mol. The first-order valence-electron chi connectivity index (χ1n) is 9.64. The first kappa shape index (κ1) is 20.1. The van der Waals surface area contributed by atoms with Gasteiger partial charge in [0, 0.05) is 17.9 Å². The molecule has 0 N–H and O–H groups in total. The highest BCUT2D eigenvalue weighted by atomic mass is 32.2. The molecule has 4 rings (SSSR count). The van der Waals surface area contributed by atoms with Crippen LogP contribution in [0.5, 0.6) is 0 Å². The molecule has 0 bridgehead atoms. The third-order valence-corrected chi connectivity index (χ3v) is 7.18. The second-order valence-electron chi connectivity index (χ2n) is 7.62. The smallest absolute Gasteiger partial charge is 0.307 e. The lowest BCUT2D eigenvalue weighted by atomic mass is 10.1. The highest BCUT2D eigenvalue weighted by Gasteiger charge is 2.36. The number of benzene rings is 1. The molecule has 1 atom stereocenters. The molecule has 0 radical (unpaired) electrons. The average Bonchev–Trinajstić information content (AvgIpc) is 3.49. The maximum Gasteiger partial charge on any atom is 0.331 e. The molecule has 2 aliphatic rings. The maximum absolute atomic E-state index is 13.3. The van der Waals surface area contributed by atoms with E-state index >= 15 is 0 Å². The van der Waals surface area contributed by atoms with Crippen LogP contribution >= 0.6 is 0 Å². The Bertz CT molecular complexity index is 1250. The monoisotopic (exact) mass is 428 g/mol. The molecule has 1 saturated carbocycles. The zero-order valence-corrected chi connectivity index (χ0v) is 16.9. The molecule has 0 spiro atoms. The molecule has 2 fully saturated rings. The molecule has 1 aromatic carbocycles. The largest absolute Gasteiger partial charge is 0.331 e. The van der Waals surface area contributed by atoms with Gasteiger partial charge in [0.05, 0.1) is 17.5 Å². The van der Waals surface area contributed by atoms with Crippen molar-refractivity contribution in [2.45, 2.75) is 37.9 Å². The van der Waals surface area contributed by atoms with Gasteiger partial charge in [0.15, 0.2) is 9.84 Å². The number of aromatic nitrogens is 2. The third kappa shape index (κ3) is 3.80. The Morgan fingerprint density at radius 2 is 1.87 bits per heavy atom. The number of nitriles is 1. The van der Waals surface area contributed by atoms with Gasteiger partial charge < -0.3 is 4.90 Å². The predicted molar refractivity (Wildman–Crippen MR) is 109 cm³/mol. The van der Waals surface area contributed by atoms with Crippen LogP contribution in [0.1, 0.15) is 30.9 Å². The van der Waals surface area contributed by atoms with Gasteiger partial charge in [0.25, 0.3) is 5.56 Å². The minimum Gasteiger partial charge on any atom is -0.307 e. The van der Waals surface area contributed by atoms with E-state index in [9.17, 15) is 28.1 Å². The van der Waals surface area contributed by atoms with Gasteiger partial charge in [-0.25, -0.2) is 17.8 Å². The van der Waals surface area contributed by atoms with Gasteiger partial charge in [-0.15, -0.1) is 0 Å². The number of anilines is 1. The third-order valence-electron chi connectivity index (χ3n) is 5.43. The van der Waals surface area contributed by atoms with Crippen LogP contribution in [0.4, 0.5) is 5.69 Å². The first-order valence-corrected chi connectivity index (χ1v) is 11.5. The van der Waals surface area contributed by atoms with Crippen molar-refractivity contribution in [3.63, 3.8) is 0 Å². The van der Waals surface area contributed by atoms with Crippen molar-refractivity contribution in [2.24, 2.45) is 0 Å². The number of hydrogen-bond acceptors (Lipinski definition) is 6. The van der Waals surface area contributed by atoms with Crippen LogP contribution in [0.2, 0.25) is 0 Å². The Hall–Kier alpha value is -3.19. The Balaban J connectivity index is 1.74. The summed E-state index contributed by atoms with van der Waals surface area (Å²) in [6.07, 6.45) is 3.07. The van der Waals surface area contributed by atoms with Crippen LogP contribution in [-0.2, 0) is 21.2 Å². The molecule has 1 aliphatic heterocycles. The van der Waals surface area contributed by atoms with Crippen molar-refractivity contribution in [3.8, 4) is 6.07 Å². The Kier molecular flexibility index (Phi) is 5.07. The fourth-order valence-corrected chi connectivity index (χ4v) is 5.49. The van der Waals surface area contributed by atoms with Crippen LogP contribution < -0.4 is 16.1 Å². The molecule has 2 heterocycles. The number of para-hydroxylation sites is 1.